The van der Waals surface area contributed by atoms with E-state index in [4.69, 9.17) is 32.7 Å². The number of sulfonamides is 1. The van der Waals surface area contributed by atoms with Gasteiger partial charge in [0.15, 0.2) is 11.5 Å². The van der Waals surface area contributed by atoms with Crippen molar-refractivity contribution in [2.24, 2.45) is 5.92 Å². The number of ether oxygens (including phenoxy) is 2. The molecular formula is C24H29Cl2N3O6S. The number of carbonyl (C=O) groups excluding carboxylic acids is 2. The molecule has 9 nitrogen and oxygen atoms in total. The van der Waals surface area contributed by atoms with Crippen molar-refractivity contribution in [2.75, 3.05) is 30.4 Å². The van der Waals surface area contributed by atoms with E-state index >= 15 is 0 Å². The van der Waals surface area contributed by atoms with Crippen molar-refractivity contribution in [3.05, 3.63) is 52.0 Å². The molecule has 2 aromatic rings. The summed E-state index contributed by atoms with van der Waals surface area (Å²) in [5.41, 5.74) is 0.795. The van der Waals surface area contributed by atoms with Gasteiger partial charge in [0.25, 0.3) is 0 Å². The first-order valence-corrected chi connectivity index (χ1v) is 13.9. The first kappa shape index (κ1) is 27.9. The highest BCUT2D eigenvalue weighted by atomic mass is 35.5. The molecule has 2 amide bonds. The standard InChI is InChI=1S/C24H29Cl2N3O6S/c1-15(2)11-27-24(31)16(3)28(12-17-5-6-18(25)9-20(17)26)23(30)13-29(36(4,32)33)19-7-8-21-22(10-19)35-14-34-21/h5-10,15-16H,11-14H2,1-4H3,(H,27,31)/t16-/m0/s1. The Morgan fingerprint density at radius 2 is 1.75 bits per heavy atom. The molecule has 1 heterocycles. The molecule has 0 aromatic heterocycles. The number of benzene rings is 2. The van der Waals surface area contributed by atoms with E-state index in [9.17, 15) is 18.0 Å². The molecule has 1 aliphatic rings. The van der Waals surface area contributed by atoms with Crippen LogP contribution in [0.3, 0.4) is 0 Å². The second kappa shape index (κ2) is 11.6. The molecule has 0 radical (unpaired) electrons. The van der Waals surface area contributed by atoms with Crippen LogP contribution in [0, 0.1) is 5.92 Å². The molecule has 3 rings (SSSR count). The lowest BCUT2D eigenvalue weighted by Gasteiger charge is -2.32. The topological polar surface area (TPSA) is 105 Å². The maximum atomic E-state index is 13.6. The van der Waals surface area contributed by atoms with Crippen molar-refractivity contribution in [3.8, 4) is 11.5 Å². The van der Waals surface area contributed by atoms with E-state index in [2.05, 4.69) is 5.32 Å². The van der Waals surface area contributed by atoms with Crippen LogP contribution in [-0.4, -0.2) is 57.3 Å². The van der Waals surface area contributed by atoms with Crippen LogP contribution in [0.5, 0.6) is 11.5 Å². The highest BCUT2D eigenvalue weighted by molar-refractivity contribution is 7.92. The molecule has 0 unspecified atom stereocenters. The molecule has 12 heteroatoms. The molecule has 0 aliphatic carbocycles. The molecule has 196 valence electrons. The maximum absolute atomic E-state index is 13.6. The first-order chi connectivity index (χ1) is 16.9. The van der Waals surface area contributed by atoms with E-state index in [-0.39, 0.29) is 30.9 Å². The molecule has 1 N–H and O–H groups in total. The quantitative estimate of drug-likeness (QED) is 0.477. The van der Waals surface area contributed by atoms with Crippen molar-refractivity contribution < 1.29 is 27.5 Å². The lowest BCUT2D eigenvalue weighted by Crippen LogP contribution is -2.51. The Bertz CT molecular complexity index is 1240. The van der Waals surface area contributed by atoms with Gasteiger partial charge in [0, 0.05) is 29.2 Å². The highest BCUT2D eigenvalue weighted by Crippen LogP contribution is 2.36. The predicted octanol–water partition coefficient (Wildman–Crippen LogP) is 3.68. The van der Waals surface area contributed by atoms with Crippen molar-refractivity contribution in [1.82, 2.24) is 10.2 Å². The van der Waals surface area contributed by atoms with E-state index in [1.807, 2.05) is 13.8 Å². The van der Waals surface area contributed by atoms with Gasteiger partial charge in [-0.1, -0.05) is 43.1 Å². The summed E-state index contributed by atoms with van der Waals surface area (Å²) in [6, 6.07) is 8.53. The number of rotatable bonds is 10. The summed E-state index contributed by atoms with van der Waals surface area (Å²) >= 11 is 12.3. The smallest absolute Gasteiger partial charge is 0.244 e. The Balaban J connectivity index is 1.92. The van der Waals surface area contributed by atoms with Gasteiger partial charge in [-0.2, -0.15) is 0 Å². The Morgan fingerprint density at radius 1 is 1.06 bits per heavy atom. The zero-order valence-electron chi connectivity index (χ0n) is 20.5. The summed E-state index contributed by atoms with van der Waals surface area (Å²) in [6.45, 7) is 5.39. The molecule has 0 spiro atoms. The predicted molar refractivity (Wildman–Crippen MR) is 139 cm³/mol. The van der Waals surface area contributed by atoms with Gasteiger partial charge in [0.2, 0.25) is 28.6 Å². The molecule has 0 saturated heterocycles. The number of anilines is 1. The largest absolute Gasteiger partial charge is 0.454 e. The normalized spacial score (nSPS) is 13.4. The Morgan fingerprint density at radius 3 is 2.39 bits per heavy atom. The van der Waals surface area contributed by atoms with E-state index in [1.165, 1.54) is 17.0 Å². The van der Waals surface area contributed by atoms with Crippen LogP contribution in [0.4, 0.5) is 5.69 Å². The summed E-state index contributed by atoms with van der Waals surface area (Å²) in [7, 11) is -3.87. The number of nitrogens with one attached hydrogen (secondary N) is 1. The Hall–Kier alpha value is -2.69. The minimum absolute atomic E-state index is 0.0230. The van der Waals surface area contributed by atoms with E-state index in [1.54, 1.807) is 31.2 Å². The molecule has 0 fully saturated rings. The number of fused-ring (bicyclic) bond motifs is 1. The number of hydrogen-bond acceptors (Lipinski definition) is 6. The van der Waals surface area contributed by atoms with Gasteiger partial charge in [-0.05, 0) is 42.7 Å². The average molecular weight is 558 g/mol. The highest BCUT2D eigenvalue weighted by Gasteiger charge is 2.31. The number of amides is 2. The fourth-order valence-electron chi connectivity index (χ4n) is 3.52. The van der Waals surface area contributed by atoms with E-state index < -0.39 is 28.5 Å². The lowest BCUT2D eigenvalue weighted by atomic mass is 10.1. The molecule has 36 heavy (non-hydrogen) atoms. The Labute approximate surface area is 221 Å². The monoisotopic (exact) mass is 557 g/mol. The lowest BCUT2D eigenvalue weighted by molar-refractivity contribution is -0.139. The summed E-state index contributed by atoms with van der Waals surface area (Å²) in [5.74, 6) is 0.114. The van der Waals surface area contributed by atoms with Gasteiger partial charge in [-0.25, -0.2) is 8.42 Å². The molecule has 1 aliphatic heterocycles. The average Bonchev–Trinajstić information content (AvgIpc) is 3.27. The van der Waals surface area contributed by atoms with Crippen molar-refractivity contribution >= 4 is 50.7 Å². The first-order valence-electron chi connectivity index (χ1n) is 11.2. The van der Waals surface area contributed by atoms with Crippen LogP contribution in [0.2, 0.25) is 10.0 Å². The fourth-order valence-corrected chi connectivity index (χ4v) is 4.83. The summed E-state index contributed by atoms with van der Waals surface area (Å²) < 4.78 is 37.0. The Kier molecular flexibility index (Phi) is 8.97. The molecule has 0 bridgehead atoms. The number of carbonyl (C=O) groups is 2. The summed E-state index contributed by atoms with van der Waals surface area (Å²) in [5, 5.41) is 3.57. The SMILES string of the molecule is CC(C)CNC(=O)[C@H](C)N(Cc1ccc(Cl)cc1Cl)C(=O)CN(c1ccc2c(c1)OCO2)S(C)(=O)=O. The van der Waals surface area contributed by atoms with Crippen molar-refractivity contribution in [2.45, 2.75) is 33.4 Å². The molecular weight excluding hydrogens is 529 g/mol. The molecule has 2 aromatic carbocycles. The second-order valence-corrected chi connectivity index (χ2v) is 11.6. The van der Waals surface area contributed by atoms with E-state index in [0.29, 0.717) is 33.7 Å². The third-order valence-corrected chi connectivity index (χ3v) is 7.26. The number of halogens is 2. The number of hydrogen-bond donors (Lipinski definition) is 1. The van der Waals surface area contributed by atoms with E-state index in [0.717, 1.165) is 10.6 Å². The molecule has 0 saturated carbocycles. The zero-order valence-corrected chi connectivity index (χ0v) is 22.8. The summed E-state index contributed by atoms with van der Waals surface area (Å²) in [4.78, 5) is 27.8. The van der Waals surface area contributed by atoms with Crippen molar-refractivity contribution in [1.29, 1.82) is 0 Å². The third kappa shape index (κ3) is 6.96. The fraction of sp³-hybridized carbons (Fsp3) is 0.417. The minimum Gasteiger partial charge on any atom is -0.454 e. The van der Waals surface area contributed by atoms with Gasteiger partial charge >= 0.3 is 0 Å². The van der Waals surface area contributed by atoms with Crippen LogP contribution < -0.4 is 19.1 Å². The number of nitrogens with zero attached hydrogens (tertiary/aromatic N) is 2. The maximum Gasteiger partial charge on any atom is 0.244 e. The van der Waals surface area contributed by atoms with Crippen LogP contribution >= 0.6 is 23.2 Å². The van der Waals surface area contributed by atoms with Crippen molar-refractivity contribution in [3.63, 3.8) is 0 Å². The summed E-state index contributed by atoms with van der Waals surface area (Å²) in [6.07, 6.45) is 1.00. The van der Waals surface area contributed by atoms with Gasteiger partial charge < -0.3 is 19.7 Å². The van der Waals surface area contributed by atoms with Gasteiger partial charge in [-0.15, -0.1) is 0 Å². The van der Waals surface area contributed by atoms with Gasteiger partial charge in [0.1, 0.15) is 12.6 Å². The van der Waals surface area contributed by atoms with Crippen LogP contribution in [-0.2, 0) is 26.2 Å². The zero-order chi connectivity index (χ0) is 26.6. The van der Waals surface area contributed by atoms with Gasteiger partial charge in [0.05, 0.1) is 11.9 Å². The minimum atomic E-state index is -3.87. The van der Waals surface area contributed by atoms with Crippen LogP contribution in [0.1, 0.15) is 26.3 Å². The second-order valence-electron chi connectivity index (χ2n) is 8.88. The molecule has 1 atom stereocenters. The van der Waals surface area contributed by atoms with Crippen LogP contribution in [0.25, 0.3) is 0 Å². The van der Waals surface area contributed by atoms with Gasteiger partial charge in [-0.3, -0.25) is 13.9 Å². The third-order valence-electron chi connectivity index (χ3n) is 5.53. The van der Waals surface area contributed by atoms with Crippen LogP contribution in [0.15, 0.2) is 36.4 Å².